The van der Waals surface area contributed by atoms with Gasteiger partial charge in [-0.1, -0.05) is 17.7 Å². The molecule has 0 radical (unpaired) electrons. The molecular formula is C13H14ClFN4O. The molecule has 0 atom stereocenters. The molecule has 1 heterocycles. The molecule has 0 aliphatic heterocycles. The Morgan fingerprint density at radius 1 is 1.40 bits per heavy atom. The maximum Gasteiger partial charge on any atom is 0.165 e. The summed E-state index contributed by atoms with van der Waals surface area (Å²) in [5.41, 5.74) is 5.91. The normalized spacial score (nSPS) is 10.6. The molecule has 0 saturated heterocycles. The van der Waals surface area contributed by atoms with Gasteiger partial charge in [-0.2, -0.15) is 0 Å². The molecule has 1 aromatic carbocycles. The van der Waals surface area contributed by atoms with Crippen LogP contribution in [0.1, 0.15) is 12.7 Å². The van der Waals surface area contributed by atoms with E-state index in [0.29, 0.717) is 18.2 Å². The second-order valence-electron chi connectivity index (χ2n) is 3.96. The number of hydrogen-bond donors (Lipinski definition) is 2. The Morgan fingerprint density at radius 2 is 2.20 bits per heavy atom. The van der Waals surface area contributed by atoms with Gasteiger partial charge in [-0.3, -0.25) is 0 Å². The zero-order valence-corrected chi connectivity index (χ0v) is 11.6. The third-order valence-electron chi connectivity index (χ3n) is 2.44. The predicted molar refractivity (Wildman–Crippen MR) is 76.5 cm³/mol. The molecule has 0 saturated carbocycles. The molecule has 5 nitrogen and oxygen atoms in total. The van der Waals surface area contributed by atoms with Crippen molar-refractivity contribution in [2.45, 2.75) is 13.5 Å². The molecule has 106 valence electrons. The molecule has 0 spiro atoms. The topological polar surface area (TPSA) is 73.1 Å². The highest BCUT2D eigenvalue weighted by atomic mass is 35.5. The average molecular weight is 297 g/mol. The van der Waals surface area contributed by atoms with E-state index < -0.39 is 5.82 Å². The third kappa shape index (κ3) is 3.55. The maximum atomic E-state index is 13.8. The van der Waals surface area contributed by atoms with E-state index in [0.717, 1.165) is 0 Å². The van der Waals surface area contributed by atoms with Crippen LogP contribution in [0, 0.1) is 5.82 Å². The number of hydrogen-bond acceptors (Lipinski definition) is 5. The van der Waals surface area contributed by atoms with Crippen molar-refractivity contribution >= 4 is 28.9 Å². The number of nitrogens with zero attached hydrogens (tertiary/aromatic N) is 2. The molecule has 2 rings (SSSR count). The molecule has 7 heteroatoms. The zero-order valence-electron chi connectivity index (χ0n) is 10.9. The van der Waals surface area contributed by atoms with Crippen LogP contribution in [0.15, 0.2) is 24.3 Å². The molecule has 0 unspecified atom stereocenters. The van der Waals surface area contributed by atoms with Gasteiger partial charge in [0.15, 0.2) is 11.6 Å². The van der Waals surface area contributed by atoms with Crippen LogP contribution in [-0.2, 0) is 11.3 Å². The maximum absolute atomic E-state index is 13.8. The van der Waals surface area contributed by atoms with Gasteiger partial charge in [0, 0.05) is 12.7 Å². The lowest BCUT2D eigenvalue weighted by atomic mass is 10.3. The van der Waals surface area contributed by atoms with E-state index >= 15 is 0 Å². The highest BCUT2D eigenvalue weighted by Gasteiger charge is 2.08. The summed E-state index contributed by atoms with van der Waals surface area (Å²) in [6.45, 7) is 2.66. The minimum absolute atomic E-state index is 0.0339. The van der Waals surface area contributed by atoms with E-state index in [1.165, 1.54) is 12.1 Å². The molecule has 0 aliphatic rings. The number of rotatable bonds is 5. The van der Waals surface area contributed by atoms with Crippen molar-refractivity contribution in [3.63, 3.8) is 0 Å². The van der Waals surface area contributed by atoms with Crippen LogP contribution in [0.5, 0.6) is 0 Å². The van der Waals surface area contributed by atoms with Crippen LogP contribution in [0.2, 0.25) is 5.02 Å². The SMILES string of the molecule is CCOCc1nc(N)cc(Nc2cccc(Cl)c2F)n1. The van der Waals surface area contributed by atoms with Gasteiger partial charge in [-0.05, 0) is 19.1 Å². The summed E-state index contributed by atoms with van der Waals surface area (Å²) in [5.74, 6) is 0.544. The van der Waals surface area contributed by atoms with E-state index in [-0.39, 0.29) is 23.1 Å². The van der Waals surface area contributed by atoms with Crippen LogP contribution >= 0.6 is 11.6 Å². The highest BCUT2D eigenvalue weighted by Crippen LogP contribution is 2.25. The van der Waals surface area contributed by atoms with E-state index in [2.05, 4.69) is 15.3 Å². The van der Waals surface area contributed by atoms with Crippen LogP contribution in [0.25, 0.3) is 0 Å². The molecule has 0 aliphatic carbocycles. The first kappa shape index (κ1) is 14.5. The van der Waals surface area contributed by atoms with Crippen LogP contribution in [0.4, 0.5) is 21.7 Å². The van der Waals surface area contributed by atoms with Gasteiger partial charge in [-0.25, -0.2) is 14.4 Å². The second-order valence-corrected chi connectivity index (χ2v) is 4.36. The van der Waals surface area contributed by atoms with E-state index in [1.54, 1.807) is 12.1 Å². The number of benzene rings is 1. The lowest BCUT2D eigenvalue weighted by Crippen LogP contribution is -2.06. The Kier molecular flexibility index (Phi) is 4.70. The molecule has 0 fully saturated rings. The van der Waals surface area contributed by atoms with Crippen LogP contribution in [0.3, 0.4) is 0 Å². The fourth-order valence-electron chi connectivity index (χ4n) is 1.58. The summed E-state index contributed by atoms with van der Waals surface area (Å²) in [5, 5.41) is 2.86. The number of halogens is 2. The Balaban J connectivity index is 2.24. The van der Waals surface area contributed by atoms with Gasteiger partial charge < -0.3 is 15.8 Å². The standard InChI is InChI=1S/C13H14ClFN4O/c1-2-20-7-12-18-10(16)6-11(19-12)17-9-5-3-4-8(14)13(9)15/h3-6H,2,7H2,1H3,(H3,16,17,18,19). The molecule has 0 bridgehead atoms. The Labute approximate surface area is 120 Å². The smallest absolute Gasteiger partial charge is 0.165 e. The lowest BCUT2D eigenvalue weighted by molar-refractivity contribution is 0.128. The molecule has 3 N–H and O–H groups in total. The molecular weight excluding hydrogens is 283 g/mol. The van der Waals surface area contributed by atoms with Crippen molar-refractivity contribution in [2.75, 3.05) is 17.7 Å². The van der Waals surface area contributed by atoms with Crippen molar-refractivity contribution in [1.29, 1.82) is 0 Å². The van der Waals surface area contributed by atoms with Gasteiger partial charge >= 0.3 is 0 Å². The molecule has 1 aromatic heterocycles. The van der Waals surface area contributed by atoms with Gasteiger partial charge in [0.2, 0.25) is 0 Å². The molecule has 20 heavy (non-hydrogen) atoms. The quantitative estimate of drug-likeness (QED) is 0.887. The largest absolute Gasteiger partial charge is 0.384 e. The van der Waals surface area contributed by atoms with E-state index in [9.17, 15) is 4.39 Å². The Bertz CT molecular complexity index is 609. The van der Waals surface area contributed by atoms with Crippen molar-refractivity contribution in [1.82, 2.24) is 9.97 Å². The summed E-state index contributed by atoms with van der Waals surface area (Å²) in [4.78, 5) is 8.23. The minimum Gasteiger partial charge on any atom is -0.384 e. The van der Waals surface area contributed by atoms with E-state index in [4.69, 9.17) is 22.1 Å². The fraction of sp³-hybridized carbons (Fsp3) is 0.231. The first-order valence-electron chi connectivity index (χ1n) is 6.02. The molecule has 2 aromatic rings. The summed E-state index contributed by atoms with van der Waals surface area (Å²) in [6.07, 6.45) is 0. The zero-order chi connectivity index (χ0) is 14.5. The first-order chi connectivity index (χ1) is 9.60. The highest BCUT2D eigenvalue weighted by molar-refractivity contribution is 6.31. The molecule has 0 amide bonds. The van der Waals surface area contributed by atoms with E-state index in [1.807, 2.05) is 6.92 Å². The third-order valence-corrected chi connectivity index (χ3v) is 2.73. The summed E-state index contributed by atoms with van der Waals surface area (Å²) < 4.78 is 19.0. The Hall–Kier alpha value is -1.92. The Morgan fingerprint density at radius 3 is 2.95 bits per heavy atom. The second kappa shape index (κ2) is 6.49. The lowest BCUT2D eigenvalue weighted by Gasteiger charge is -2.09. The van der Waals surface area contributed by atoms with Crippen molar-refractivity contribution in [3.8, 4) is 0 Å². The number of anilines is 3. The van der Waals surface area contributed by atoms with Crippen molar-refractivity contribution in [3.05, 3.63) is 40.9 Å². The number of nitrogens with one attached hydrogen (secondary N) is 1. The monoisotopic (exact) mass is 296 g/mol. The van der Waals surface area contributed by atoms with Gasteiger partial charge in [-0.15, -0.1) is 0 Å². The summed E-state index contributed by atoms with van der Waals surface area (Å²) >= 11 is 5.72. The first-order valence-corrected chi connectivity index (χ1v) is 6.40. The predicted octanol–water partition coefficient (Wildman–Crippen LogP) is 3.13. The minimum atomic E-state index is -0.544. The number of nitrogen functional groups attached to an aromatic ring is 1. The van der Waals surface area contributed by atoms with Gasteiger partial charge in [0.05, 0.1) is 10.7 Å². The number of nitrogens with two attached hydrogens (primary N) is 1. The fourth-order valence-corrected chi connectivity index (χ4v) is 1.75. The number of aromatic nitrogens is 2. The summed E-state index contributed by atoms with van der Waals surface area (Å²) in [7, 11) is 0. The van der Waals surface area contributed by atoms with Gasteiger partial charge in [0.25, 0.3) is 0 Å². The summed E-state index contributed by atoms with van der Waals surface area (Å²) in [6, 6.07) is 6.17. The van der Waals surface area contributed by atoms with Crippen molar-refractivity contribution in [2.24, 2.45) is 0 Å². The van der Waals surface area contributed by atoms with Crippen LogP contribution in [-0.4, -0.2) is 16.6 Å². The van der Waals surface area contributed by atoms with Crippen molar-refractivity contribution < 1.29 is 9.13 Å². The van der Waals surface area contributed by atoms with Crippen LogP contribution < -0.4 is 11.1 Å². The number of ether oxygens (including phenoxy) is 1. The average Bonchev–Trinajstić information content (AvgIpc) is 2.41. The van der Waals surface area contributed by atoms with Gasteiger partial charge in [0.1, 0.15) is 18.2 Å².